The molecule has 0 spiro atoms. The Morgan fingerprint density at radius 2 is 1.90 bits per heavy atom. The standard InChI is InChI=1S/C22H23N5O4/c1-29-18-8-4-3-7-14(18)16-13-19(30-24-16)22(28)23-15-9-10-17(21-20(15)25-31-26-21)27-11-5-2-6-12-27/h3-4,7-10,19H,2,5-6,11-13H2,1H3,(H,23,28). The molecule has 0 bridgehead atoms. The second-order valence-electron chi connectivity index (χ2n) is 7.67. The summed E-state index contributed by atoms with van der Waals surface area (Å²) in [5.74, 6) is 0.387. The first kappa shape index (κ1) is 19.3. The molecule has 9 heteroatoms. The lowest BCUT2D eigenvalue weighted by Crippen LogP contribution is -2.30. The highest BCUT2D eigenvalue weighted by molar-refractivity contribution is 6.09. The number of benzene rings is 2. The number of methoxy groups -OCH3 is 1. The van der Waals surface area contributed by atoms with Gasteiger partial charge in [0.15, 0.2) is 11.0 Å². The van der Waals surface area contributed by atoms with E-state index in [-0.39, 0.29) is 5.91 Å². The van der Waals surface area contributed by atoms with E-state index in [1.54, 1.807) is 7.11 Å². The Bertz CT molecular complexity index is 1140. The Labute approximate surface area is 178 Å². The van der Waals surface area contributed by atoms with Crippen molar-refractivity contribution in [3.63, 3.8) is 0 Å². The Morgan fingerprint density at radius 3 is 2.74 bits per heavy atom. The van der Waals surface area contributed by atoms with Crippen LogP contribution in [0.15, 0.2) is 46.2 Å². The van der Waals surface area contributed by atoms with Gasteiger partial charge in [-0.1, -0.05) is 17.3 Å². The molecule has 1 amide bonds. The topological polar surface area (TPSA) is 102 Å². The predicted molar refractivity (Wildman–Crippen MR) is 116 cm³/mol. The van der Waals surface area contributed by atoms with Gasteiger partial charge in [-0.2, -0.15) is 0 Å². The third kappa shape index (κ3) is 3.67. The van der Waals surface area contributed by atoms with Crippen molar-refractivity contribution in [3.05, 3.63) is 42.0 Å². The number of oxime groups is 1. The molecule has 0 radical (unpaired) electrons. The van der Waals surface area contributed by atoms with Gasteiger partial charge in [0, 0.05) is 25.1 Å². The molecule has 2 aromatic carbocycles. The van der Waals surface area contributed by atoms with Crippen LogP contribution in [0.2, 0.25) is 0 Å². The van der Waals surface area contributed by atoms with Gasteiger partial charge in [0.2, 0.25) is 6.10 Å². The summed E-state index contributed by atoms with van der Waals surface area (Å²) in [5, 5.41) is 15.1. The maximum Gasteiger partial charge on any atom is 0.268 e. The van der Waals surface area contributed by atoms with Gasteiger partial charge in [-0.3, -0.25) is 4.79 Å². The fourth-order valence-electron chi connectivity index (χ4n) is 4.12. The van der Waals surface area contributed by atoms with E-state index in [1.807, 2.05) is 36.4 Å². The molecule has 1 saturated heterocycles. The molecule has 3 heterocycles. The zero-order chi connectivity index (χ0) is 21.2. The largest absolute Gasteiger partial charge is 0.496 e. The van der Waals surface area contributed by atoms with Gasteiger partial charge in [-0.15, -0.1) is 0 Å². The zero-order valence-corrected chi connectivity index (χ0v) is 17.2. The normalized spacial score (nSPS) is 18.5. The van der Waals surface area contributed by atoms with Gasteiger partial charge in [-0.05, 0) is 53.8 Å². The number of aromatic nitrogens is 2. The first-order chi connectivity index (χ1) is 15.2. The van der Waals surface area contributed by atoms with Crippen LogP contribution in [0.4, 0.5) is 11.4 Å². The van der Waals surface area contributed by atoms with Crippen LogP contribution >= 0.6 is 0 Å². The second-order valence-corrected chi connectivity index (χ2v) is 7.67. The van der Waals surface area contributed by atoms with E-state index in [0.29, 0.717) is 34.6 Å². The first-order valence-electron chi connectivity index (χ1n) is 10.4. The number of piperidine rings is 1. The molecule has 2 aliphatic heterocycles. The zero-order valence-electron chi connectivity index (χ0n) is 17.2. The van der Waals surface area contributed by atoms with Crippen molar-refractivity contribution in [3.8, 4) is 5.75 Å². The van der Waals surface area contributed by atoms with Gasteiger partial charge in [-0.25, -0.2) is 4.63 Å². The van der Waals surface area contributed by atoms with E-state index in [1.165, 1.54) is 6.42 Å². The fourth-order valence-corrected chi connectivity index (χ4v) is 4.12. The second kappa shape index (κ2) is 8.25. The van der Waals surface area contributed by atoms with E-state index in [4.69, 9.17) is 14.2 Å². The average molecular weight is 421 g/mol. The molecule has 1 atom stereocenters. The lowest BCUT2D eigenvalue weighted by atomic mass is 10.0. The van der Waals surface area contributed by atoms with Crippen molar-refractivity contribution in [1.82, 2.24) is 10.3 Å². The van der Waals surface area contributed by atoms with Crippen LogP contribution in [0.25, 0.3) is 11.0 Å². The number of nitrogens with one attached hydrogen (secondary N) is 1. The van der Waals surface area contributed by atoms with E-state index in [2.05, 4.69) is 25.7 Å². The molecule has 1 N–H and O–H groups in total. The Hall–Kier alpha value is -3.62. The number of fused-ring (bicyclic) bond motifs is 1. The van der Waals surface area contributed by atoms with Gasteiger partial charge in [0.25, 0.3) is 5.91 Å². The number of amides is 1. The van der Waals surface area contributed by atoms with Crippen molar-refractivity contribution in [2.24, 2.45) is 5.16 Å². The number of carbonyl (C=O) groups excluding carboxylic acids is 1. The lowest BCUT2D eigenvalue weighted by molar-refractivity contribution is -0.125. The molecular formula is C22H23N5O4. The molecule has 31 heavy (non-hydrogen) atoms. The molecule has 2 aliphatic rings. The molecular weight excluding hydrogens is 398 g/mol. The Morgan fingerprint density at radius 1 is 1.10 bits per heavy atom. The van der Waals surface area contributed by atoms with Gasteiger partial charge in [0.05, 0.1) is 24.2 Å². The monoisotopic (exact) mass is 421 g/mol. The summed E-state index contributed by atoms with van der Waals surface area (Å²) >= 11 is 0. The molecule has 1 fully saturated rings. The smallest absolute Gasteiger partial charge is 0.268 e. The molecule has 1 aromatic heterocycles. The number of carbonyl (C=O) groups is 1. The van der Waals surface area contributed by atoms with Gasteiger partial charge < -0.3 is 19.8 Å². The van der Waals surface area contributed by atoms with Crippen LogP contribution in [-0.2, 0) is 9.63 Å². The van der Waals surface area contributed by atoms with Crippen LogP contribution in [0.5, 0.6) is 5.75 Å². The van der Waals surface area contributed by atoms with Gasteiger partial charge >= 0.3 is 0 Å². The summed E-state index contributed by atoms with van der Waals surface area (Å²) in [4.78, 5) is 20.6. The minimum Gasteiger partial charge on any atom is -0.496 e. The number of nitrogens with zero attached hydrogens (tertiary/aromatic N) is 4. The Balaban J connectivity index is 1.32. The lowest BCUT2D eigenvalue weighted by Gasteiger charge is -2.28. The van der Waals surface area contributed by atoms with E-state index >= 15 is 0 Å². The molecule has 160 valence electrons. The summed E-state index contributed by atoms with van der Waals surface area (Å²) in [5.41, 5.74) is 4.18. The highest BCUT2D eigenvalue weighted by atomic mass is 16.6. The minimum atomic E-state index is -0.739. The van der Waals surface area contributed by atoms with E-state index in [0.717, 1.165) is 37.2 Å². The number of rotatable bonds is 5. The van der Waals surface area contributed by atoms with Crippen LogP contribution in [0.1, 0.15) is 31.2 Å². The Kier molecular flexibility index (Phi) is 5.15. The summed E-state index contributed by atoms with van der Waals surface area (Å²) in [6.45, 7) is 1.96. The van der Waals surface area contributed by atoms with Crippen molar-refractivity contribution < 1.29 is 19.0 Å². The highest BCUT2D eigenvalue weighted by Gasteiger charge is 2.31. The van der Waals surface area contributed by atoms with Crippen molar-refractivity contribution >= 4 is 34.0 Å². The van der Waals surface area contributed by atoms with Crippen LogP contribution in [-0.4, -0.2) is 48.2 Å². The molecule has 3 aromatic rings. The van der Waals surface area contributed by atoms with Crippen LogP contribution in [0.3, 0.4) is 0 Å². The number of hydrogen-bond acceptors (Lipinski definition) is 8. The predicted octanol–water partition coefficient (Wildman–Crippen LogP) is 3.35. The maximum atomic E-state index is 12.9. The third-order valence-electron chi connectivity index (χ3n) is 5.73. The number of anilines is 2. The average Bonchev–Trinajstić information content (AvgIpc) is 3.50. The third-order valence-corrected chi connectivity index (χ3v) is 5.73. The van der Waals surface area contributed by atoms with Crippen LogP contribution < -0.4 is 15.0 Å². The molecule has 0 saturated carbocycles. The number of hydrogen-bond donors (Lipinski definition) is 1. The number of ether oxygens (including phenoxy) is 1. The van der Waals surface area contributed by atoms with Gasteiger partial charge in [0.1, 0.15) is 5.75 Å². The molecule has 0 aliphatic carbocycles. The highest BCUT2D eigenvalue weighted by Crippen LogP contribution is 2.32. The van der Waals surface area contributed by atoms with Crippen LogP contribution in [0, 0.1) is 0 Å². The summed E-state index contributed by atoms with van der Waals surface area (Å²) < 4.78 is 10.4. The fraction of sp³-hybridized carbons (Fsp3) is 0.364. The molecule has 1 unspecified atom stereocenters. The summed E-state index contributed by atoms with van der Waals surface area (Å²) in [6.07, 6.45) is 3.15. The summed E-state index contributed by atoms with van der Waals surface area (Å²) in [6, 6.07) is 11.3. The van der Waals surface area contributed by atoms with Crippen molar-refractivity contribution in [2.45, 2.75) is 31.8 Å². The van der Waals surface area contributed by atoms with Crippen molar-refractivity contribution in [2.75, 3.05) is 30.4 Å². The van der Waals surface area contributed by atoms with Crippen molar-refractivity contribution in [1.29, 1.82) is 0 Å². The van der Waals surface area contributed by atoms with E-state index in [9.17, 15) is 4.79 Å². The first-order valence-corrected chi connectivity index (χ1v) is 10.4. The number of para-hydroxylation sites is 1. The minimum absolute atomic E-state index is 0.302. The molecule has 5 rings (SSSR count). The SMILES string of the molecule is COc1ccccc1C1=NOC(C(=O)Nc2ccc(N3CCCCC3)c3nonc23)C1. The molecule has 9 nitrogen and oxygen atoms in total. The quantitative estimate of drug-likeness (QED) is 0.674. The summed E-state index contributed by atoms with van der Waals surface area (Å²) in [7, 11) is 1.60. The maximum absolute atomic E-state index is 12.9. The van der Waals surface area contributed by atoms with E-state index < -0.39 is 6.10 Å².